The number of carbonyl (C=O) groups is 2. The predicted molar refractivity (Wildman–Crippen MR) is 102 cm³/mol. The van der Waals surface area contributed by atoms with Crippen molar-refractivity contribution in [2.24, 2.45) is 5.92 Å². The monoisotopic (exact) mass is 424 g/mol. The summed E-state index contributed by atoms with van der Waals surface area (Å²) in [6, 6.07) is 3.48. The third-order valence-corrected chi connectivity index (χ3v) is 5.69. The van der Waals surface area contributed by atoms with Gasteiger partial charge in [0.1, 0.15) is 0 Å². The average molecular weight is 425 g/mol. The van der Waals surface area contributed by atoms with Crippen molar-refractivity contribution in [2.75, 3.05) is 39.9 Å². The van der Waals surface area contributed by atoms with E-state index in [4.69, 9.17) is 9.47 Å². The summed E-state index contributed by atoms with van der Waals surface area (Å²) in [5.74, 6) is 1.55. The Balaban J connectivity index is 1.66. The summed E-state index contributed by atoms with van der Waals surface area (Å²) in [4.78, 5) is 28.9. The Kier molecular flexibility index (Phi) is 6.06. The second-order valence-electron chi connectivity index (χ2n) is 6.67. The van der Waals surface area contributed by atoms with Crippen LogP contribution >= 0.6 is 15.9 Å². The number of nitrogens with zero attached hydrogens (tertiary/aromatic N) is 2. The molecule has 0 N–H and O–H groups in total. The number of ether oxygens (including phenoxy) is 2. The minimum absolute atomic E-state index is 0.0530. The van der Waals surface area contributed by atoms with E-state index in [9.17, 15) is 9.59 Å². The van der Waals surface area contributed by atoms with Gasteiger partial charge in [-0.2, -0.15) is 0 Å². The molecule has 3 rings (SSSR count). The van der Waals surface area contributed by atoms with Gasteiger partial charge in [0.05, 0.1) is 18.2 Å². The van der Waals surface area contributed by atoms with Gasteiger partial charge in [0, 0.05) is 37.7 Å². The number of methoxy groups -OCH3 is 1. The van der Waals surface area contributed by atoms with Crippen molar-refractivity contribution in [3.63, 3.8) is 0 Å². The van der Waals surface area contributed by atoms with E-state index < -0.39 is 0 Å². The molecule has 1 aliphatic carbocycles. The van der Waals surface area contributed by atoms with E-state index in [0.29, 0.717) is 54.3 Å². The van der Waals surface area contributed by atoms with Gasteiger partial charge in [0.15, 0.2) is 11.5 Å². The number of carbonyl (C=O) groups excluding carboxylic acids is 2. The summed E-state index contributed by atoms with van der Waals surface area (Å²) >= 11 is 3.46. The Morgan fingerprint density at radius 1 is 1.15 bits per heavy atom. The van der Waals surface area contributed by atoms with E-state index in [1.54, 1.807) is 24.1 Å². The number of hydrogen-bond donors (Lipinski definition) is 0. The van der Waals surface area contributed by atoms with Crippen LogP contribution < -0.4 is 9.47 Å². The molecule has 0 atom stereocenters. The number of hydrogen-bond acceptors (Lipinski definition) is 4. The Hall–Kier alpha value is -1.76. The lowest BCUT2D eigenvalue weighted by atomic mass is 9.84. The van der Waals surface area contributed by atoms with Crippen molar-refractivity contribution in [3.05, 3.63) is 22.2 Å². The van der Waals surface area contributed by atoms with Gasteiger partial charge in [-0.05, 0) is 47.8 Å². The number of benzene rings is 1. The van der Waals surface area contributed by atoms with Gasteiger partial charge in [0.2, 0.25) is 5.91 Å². The summed E-state index contributed by atoms with van der Waals surface area (Å²) in [5, 5.41) is 0. The number of amides is 2. The standard InChI is InChI=1S/C19H25BrN2O4/c1-3-26-17-15(20)11-14(12-16(17)25-2)19(24)22-9-7-21(8-10-22)18(23)13-5-4-6-13/h11-13H,3-10H2,1-2H3. The van der Waals surface area contributed by atoms with Crippen molar-refractivity contribution < 1.29 is 19.1 Å². The molecule has 1 saturated heterocycles. The van der Waals surface area contributed by atoms with Crippen LogP contribution in [0.25, 0.3) is 0 Å². The summed E-state index contributed by atoms with van der Waals surface area (Å²) in [7, 11) is 1.56. The highest BCUT2D eigenvalue weighted by Crippen LogP contribution is 2.37. The molecule has 2 fully saturated rings. The normalized spacial score (nSPS) is 17.7. The first-order valence-corrected chi connectivity index (χ1v) is 9.92. The number of rotatable bonds is 5. The van der Waals surface area contributed by atoms with Gasteiger partial charge in [-0.1, -0.05) is 6.42 Å². The quantitative estimate of drug-likeness (QED) is 0.728. The highest BCUT2D eigenvalue weighted by molar-refractivity contribution is 9.10. The van der Waals surface area contributed by atoms with Crippen LogP contribution in [0.3, 0.4) is 0 Å². The SMILES string of the molecule is CCOc1c(Br)cc(C(=O)N2CCN(C(=O)C3CCC3)CC2)cc1OC. The minimum atomic E-state index is -0.0530. The maximum Gasteiger partial charge on any atom is 0.254 e. The minimum Gasteiger partial charge on any atom is -0.493 e. The molecular formula is C19H25BrN2O4. The van der Waals surface area contributed by atoms with Crippen LogP contribution in [0.15, 0.2) is 16.6 Å². The predicted octanol–water partition coefficient (Wildman–Crippen LogP) is 2.94. The van der Waals surface area contributed by atoms with Gasteiger partial charge in [0.25, 0.3) is 5.91 Å². The maximum atomic E-state index is 12.9. The van der Waals surface area contributed by atoms with E-state index in [0.717, 1.165) is 19.3 Å². The van der Waals surface area contributed by atoms with Crippen molar-refractivity contribution in [1.82, 2.24) is 9.80 Å². The fourth-order valence-electron chi connectivity index (χ4n) is 3.35. The number of halogens is 1. The second-order valence-corrected chi connectivity index (χ2v) is 7.52. The first-order valence-electron chi connectivity index (χ1n) is 9.13. The molecule has 6 nitrogen and oxygen atoms in total. The molecule has 1 aromatic rings. The van der Waals surface area contributed by atoms with Crippen molar-refractivity contribution in [2.45, 2.75) is 26.2 Å². The molecule has 1 saturated carbocycles. The molecule has 0 unspecified atom stereocenters. The lowest BCUT2D eigenvalue weighted by Gasteiger charge is -2.38. The Labute approximate surface area is 162 Å². The van der Waals surface area contributed by atoms with Crippen molar-refractivity contribution in [1.29, 1.82) is 0 Å². The lowest BCUT2D eigenvalue weighted by Crippen LogP contribution is -2.52. The Bertz CT molecular complexity index is 682. The van der Waals surface area contributed by atoms with Gasteiger partial charge in [-0.25, -0.2) is 0 Å². The van der Waals surface area contributed by atoms with E-state index >= 15 is 0 Å². The van der Waals surface area contributed by atoms with Gasteiger partial charge in [-0.3, -0.25) is 9.59 Å². The summed E-state index contributed by atoms with van der Waals surface area (Å²) < 4.78 is 11.6. The number of piperazine rings is 1. The second kappa shape index (κ2) is 8.29. The summed E-state index contributed by atoms with van der Waals surface area (Å²) in [5.41, 5.74) is 0.552. The Morgan fingerprint density at radius 3 is 2.35 bits per heavy atom. The van der Waals surface area contributed by atoms with Crippen LogP contribution in [0.5, 0.6) is 11.5 Å². The topological polar surface area (TPSA) is 59.1 Å². The zero-order chi connectivity index (χ0) is 18.7. The third-order valence-electron chi connectivity index (χ3n) is 5.10. The first-order chi connectivity index (χ1) is 12.5. The molecule has 26 heavy (non-hydrogen) atoms. The zero-order valence-corrected chi connectivity index (χ0v) is 16.9. The summed E-state index contributed by atoms with van der Waals surface area (Å²) in [6.45, 7) is 4.75. The molecule has 7 heteroatoms. The van der Waals surface area contributed by atoms with Crippen LogP contribution in [-0.2, 0) is 4.79 Å². The van der Waals surface area contributed by atoms with E-state index in [-0.39, 0.29) is 17.7 Å². The molecule has 1 heterocycles. The van der Waals surface area contributed by atoms with Crippen LogP contribution in [-0.4, -0.2) is 61.5 Å². The molecule has 0 bridgehead atoms. The molecule has 1 aliphatic heterocycles. The molecule has 0 spiro atoms. The van der Waals surface area contributed by atoms with E-state index in [1.165, 1.54) is 0 Å². The highest BCUT2D eigenvalue weighted by atomic mass is 79.9. The van der Waals surface area contributed by atoms with E-state index in [2.05, 4.69) is 15.9 Å². The lowest BCUT2D eigenvalue weighted by molar-refractivity contribution is -0.139. The maximum absolute atomic E-state index is 12.9. The summed E-state index contributed by atoms with van der Waals surface area (Å²) in [6.07, 6.45) is 3.18. The molecule has 0 radical (unpaired) electrons. The average Bonchev–Trinajstić information content (AvgIpc) is 2.61. The smallest absolute Gasteiger partial charge is 0.254 e. The van der Waals surface area contributed by atoms with Gasteiger partial charge >= 0.3 is 0 Å². The van der Waals surface area contributed by atoms with Crippen molar-refractivity contribution in [3.8, 4) is 11.5 Å². The van der Waals surface area contributed by atoms with E-state index in [1.807, 2.05) is 11.8 Å². The molecule has 2 aliphatic rings. The van der Waals surface area contributed by atoms with Crippen LogP contribution in [0.4, 0.5) is 0 Å². The van der Waals surface area contributed by atoms with Crippen LogP contribution in [0.1, 0.15) is 36.5 Å². The molecule has 1 aromatic carbocycles. The third kappa shape index (κ3) is 3.82. The zero-order valence-electron chi connectivity index (χ0n) is 15.3. The molecule has 0 aromatic heterocycles. The van der Waals surface area contributed by atoms with Crippen LogP contribution in [0.2, 0.25) is 0 Å². The van der Waals surface area contributed by atoms with Gasteiger partial charge < -0.3 is 19.3 Å². The van der Waals surface area contributed by atoms with Crippen molar-refractivity contribution >= 4 is 27.7 Å². The Morgan fingerprint density at radius 2 is 1.81 bits per heavy atom. The first kappa shape index (κ1) is 19.0. The van der Waals surface area contributed by atoms with Crippen LogP contribution in [0, 0.1) is 5.92 Å². The molecule has 2 amide bonds. The largest absolute Gasteiger partial charge is 0.493 e. The fourth-order valence-corrected chi connectivity index (χ4v) is 3.91. The molecular weight excluding hydrogens is 400 g/mol. The highest BCUT2D eigenvalue weighted by Gasteiger charge is 2.32. The van der Waals surface area contributed by atoms with Gasteiger partial charge in [-0.15, -0.1) is 0 Å². The molecule has 142 valence electrons. The fraction of sp³-hybridized carbons (Fsp3) is 0.579.